The summed E-state index contributed by atoms with van der Waals surface area (Å²) in [4.78, 5) is 4.06. The average molecular weight is 150 g/mol. The third kappa shape index (κ3) is 1.70. The summed E-state index contributed by atoms with van der Waals surface area (Å²) >= 11 is 0. The van der Waals surface area contributed by atoms with Crippen LogP contribution < -0.4 is 5.73 Å². The Morgan fingerprint density at radius 2 is 2.36 bits per heavy atom. The molecule has 2 heteroatoms. The van der Waals surface area contributed by atoms with Crippen molar-refractivity contribution in [3.05, 3.63) is 23.4 Å². The molecule has 0 spiro atoms. The van der Waals surface area contributed by atoms with Gasteiger partial charge in [0.1, 0.15) is 5.84 Å². The largest absolute Gasteiger partial charge is 0.383 e. The second-order valence-electron chi connectivity index (χ2n) is 2.69. The summed E-state index contributed by atoms with van der Waals surface area (Å²) in [5.41, 5.74) is 8.22. The first-order valence-electron chi connectivity index (χ1n) is 3.93. The van der Waals surface area contributed by atoms with Crippen LogP contribution in [-0.4, -0.2) is 5.84 Å². The average Bonchev–Trinajstić information content (AvgIpc) is 2.16. The fourth-order valence-electron chi connectivity index (χ4n) is 1.17. The van der Waals surface area contributed by atoms with Gasteiger partial charge in [0.2, 0.25) is 0 Å². The van der Waals surface area contributed by atoms with E-state index in [1.807, 2.05) is 13.0 Å². The summed E-state index contributed by atoms with van der Waals surface area (Å²) in [6.45, 7) is 4.18. The lowest BCUT2D eigenvalue weighted by Crippen LogP contribution is -2.13. The van der Waals surface area contributed by atoms with Gasteiger partial charge in [0, 0.05) is 6.20 Å². The highest BCUT2D eigenvalue weighted by molar-refractivity contribution is 5.97. The molecule has 0 aromatic rings. The van der Waals surface area contributed by atoms with Gasteiger partial charge in [-0.1, -0.05) is 18.6 Å². The van der Waals surface area contributed by atoms with E-state index in [0.29, 0.717) is 5.84 Å². The molecule has 0 saturated carbocycles. The second kappa shape index (κ2) is 3.37. The highest BCUT2D eigenvalue weighted by Crippen LogP contribution is 2.15. The number of nitrogens with zero attached hydrogens (tertiary/aromatic N) is 1. The van der Waals surface area contributed by atoms with Crippen LogP contribution in [0, 0.1) is 0 Å². The lowest BCUT2D eigenvalue weighted by molar-refractivity contribution is 1.01. The number of amidine groups is 1. The topological polar surface area (TPSA) is 38.4 Å². The minimum Gasteiger partial charge on any atom is -0.383 e. The SMILES string of the molecule is CCC1=C(C)C(N)=NC=CC1. The van der Waals surface area contributed by atoms with Crippen LogP contribution in [-0.2, 0) is 0 Å². The monoisotopic (exact) mass is 150 g/mol. The molecule has 0 amide bonds. The van der Waals surface area contributed by atoms with Crippen LogP contribution in [0.15, 0.2) is 28.4 Å². The molecule has 1 aliphatic rings. The first-order valence-corrected chi connectivity index (χ1v) is 3.93. The van der Waals surface area contributed by atoms with Crippen LogP contribution in [0.4, 0.5) is 0 Å². The molecule has 0 atom stereocenters. The van der Waals surface area contributed by atoms with Gasteiger partial charge in [-0.2, -0.15) is 0 Å². The van der Waals surface area contributed by atoms with Crippen LogP contribution in [0.3, 0.4) is 0 Å². The molecule has 0 aliphatic carbocycles. The van der Waals surface area contributed by atoms with Crippen LogP contribution in [0.5, 0.6) is 0 Å². The van der Waals surface area contributed by atoms with Crippen molar-refractivity contribution in [1.82, 2.24) is 0 Å². The Kier molecular flexibility index (Phi) is 2.47. The Hall–Kier alpha value is -1.05. The zero-order valence-corrected chi connectivity index (χ0v) is 7.09. The zero-order valence-electron chi connectivity index (χ0n) is 7.09. The minimum atomic E-state index is 0.663. The lowest BCUT2D eigenvalue weighted by atomic mass is 10.0. The van der Waals surface area contributed by atoms with Gasteiger partial charge >= 0.3 is 0 Å². The normalized spacial score (nSPS) is 18.2. The predicted octanol–water partition coefficient (Wildman–Crippen LogP) is 1.99. The Bertz CT molecular complexity index is 234. The van der Waals surface area contributed by atoms with Gasteiger partial charge < -0.3 is 5.73 Å². The summed E-state index contributed by atoms with van der Waals surface area (Å²) in [5, 5.41) is 0. The van der Waals surface area contributed by atoms with Crippen LogP contribution >= 0.6 is 0 Å². The quantitative estimate of drug-likeness (QED) is 0.610. The summed E-state index contributed by atoms with van der Waals surface area (Å²) in [6, 6.07) is 0. The van der Waals surface area contributed by atoms with Crippen molar-refractivity contribution >= 4 is 5.84 Å². The van der Waals surface area contributed by atoms with Crippen molar-refractivity contribution in [2.75, 3.05) is 0 Å². The van der Waals surface area contributed by atoms with E-state index in [-0.39, 0.29) is 0 Å². The Balaban J connectivity index is 2.97. The molecule has 0 unspecified atom stereocenters. The zero-order chi connectivity index (χ0) is 8.27. The number of allylic oxidation sites excluding steroid dienone is 2. The molecule has 2 nitrogen and oxygen atoms in total. The van der Waals surface area contributed by atoms with E-state index in [9.17, 15) is 0 Å². The van der Waals surface area contributed by atoms with Gasteiger partial charge in [0.25, 0.3) is 0 Å². The molecule has 1 aliphatic heterocycles. The number of nitrogens with two attached hydrogens (primary N) is 1. The second-order valence-corrected chi connectivity index (χ2v) is 2.69. The van der Waals surface area contributed by atoms with Crippen molar-refractivity contribution in [3.63, 3.8) is 0 Å². The van der Waals surface area contributed by atoms with Crippen LogP contribution in [0.25, 0.3) is 0 Å². The predicted molar refractivity (Wildman–Crippen MR) is 48.4 cm³/mol. The molecule has 0 aromatic carbocycles. The van der Waals surface area contributed by atoms with Crippen molar-refractivity contribution in [2.24, 2.45) is 10.7 Å². The summed E-state index contributed by atoms with van der Waals surface area (Å²) in [5.74, 6) is 0.663. The van der Waals surface area contributed by atoms with E-state index in [2.05, 4.69) is 11.9 Å². The van der Waals surface area contributed by atoms with Gasteiger partial charge in [-0.15, -0.1) is 0 Å². The van der Waals surface area contributed by atoms with Gasteiger partial charge in [0.15, 0.2) is 0 Å². The number of hydrogen-bond acceptors (Lipinski definition) is 2. The molecule has 1 rings (SSSR count). The van der Waals surface area contributed by atoms with Crippen LogP contribution in [0.2, 0.25) is 0 Å². The number of rotatable bonds is 1. The van der Waals surface area contributed by atoms with E-state index >= 15 is 0 Å². The third-order valence-corrected chi connectivity index (χ3v) is 2.02. The van der Waals surface area contributed by atoms with Crippen molar-refractivity contribution in [3.8, 4) is 0 Å². The maximum atomic E-state index is 5.69. The molecule has 0 fully saturated rings. The Morgan fingerprint density at radius 3 is 3.00 bits per heavy atom. The first-order chi connectivity index (χ1) is 5.25. The van der Waals surface area contributed by atoms with E-state index in [1.165, 1.54) is 5.57 Å². The summed E-state index contributed by atoms with van der Waals surface area (Å²) in [7, 11) is 0. The molecule has 0 radical (unpaired) electrons. The standard InChI is InChI=1S/C9H14N2/c1-3-8-5-4-6-11-9(10)7(8)2/h4,6H,3,5H2,1-2H3,(H2,10,11). The first kappa shape index (κ1) is 8.05. The van der Waals surface area contributed by atoms with Crippen molar-refractivity contribution in [2.45, 2.75) is 26.7 Å². The number of aliphatic imine (C=N–C) groups is 1. The maximum Gasteiger partial charge on any atom is 0.126 e. The van der Waals surface area contributed by atoms with Gasteiger partial charge in [-0.05, 0) is 25.3 Å². The lowest BCUT2D eigenvalue weighted by Gasteiger charge is -2.04. The summed E-state index contributed by atoms with van der Waals surface area (Å²) < 4.78 is 0. The van der Waals surface area contributed by atoms with Gasteiger partial charge in [0.05, 0.1) is 0 Å². The molecular weight excluding hydrogens is 136 g/mol. The van der Waals surface area contributed by atoms with Crippen LogP contribution in [0.1, 0.15) is 26.7 Å². The van der Waals surface area contributed by atoms with E-state index < -0.39 is 0 Å². The van der Waals surface area contributed by atoms with Crippen molar-refractivity contribution < 1.29 is 0 Å². The van der Waals surface area contributed by atoms with Crippen molar-refractivity contribution in [1.29, 1.82) is 0 Å². The molecule has 60 valence electrons. The smallest absolute Gasteiger partial charge is 0.126 e. The summed E-state index contributed by atoms with van der Waals surface area (Å²) in [6.07, 6.45) is 5.88. The highest BCUT2D eigenvalue weighted by atomic mass is 14.8. The minimum absolute atomic E-state index is 0.663. The van der Waals surface area contributed by atoms with E-state index in [4.69, 9.17) is 5.73 Å². The fourth-order valence-corrected chi connectivity index (χ4v) is 1.17. The van der Waals surface area contributed by atoms with E-state index in [1.54, 1.807) is 6.20 Å². The molecule has 0 aromatic heterocycles. The highest BCUT2D eigenvalue weighted by Gasteiger charge is 2.04. The fraction of sp³-hybridized carbons (Fsp3) is 0.444. The Morgan fingerprint density at radius 1 is 1.64 bits per heavy atom. The third-order valence-electron chi connectivity index (χ3n) is 2.02. The van der Waals surface area contributed by atoms with Gasteiger partial charge in [-0.3, -0.25) is 0 Å². The number of hydrogen-bond donors (Lipinski definition) is 1. The maximum absolute atomic E-state index is 5.69. The molecule has 0 bridgehead atoms. The molecule has 1 heterocycles. The molecular formula is C9H14N2. The Labute approximate surface area is 67.5 Å². The molecule has 0 saturated heterocycles. The molecule has 2 N–H and O–H groups in total. The van der Waals surface area contributed by atoms with Gasteiger partial charge in [-0.25, -0.2) is 4.99 Å². The van der Waals surface area contributed by atoms with E-state index in [0.717, 1.165) is 18.4 Å². The molecule has 11 heavy (non-hydrogen) atoms.